The van der Waals surface area contributed by atoms with Gasteiger partial charge in [0.25, 0.3) is 0 Å². The Hall–Kier alpha value is -1.11. The van der Waals surface area contributed by atoms with E-state index in [4.69, 9.17) is 9.47 Å². The van der Waals surface area contributed by atoms with E-state index in [0.717, 1.165) is 28.9 Å². The second-order valence-corrected chi connectivity index (χ2v) is 8.47. The van der Waals surface area contributed by atoms with Gasteiger partial charge in [0.05, 0.1) is 25.4 Å². The summed E-state index contributed by atoms with van der Waals surface area (Å²) < 4.78 is 12.3. The molecule has 0 radical (unpaired) electrons. The second kappa shape index (κ2) is 9.20. The zero-order valence-electron chi connectivity index (χ0n) is 16.7. The molecule has 5 nitrogen and oxygen atoms in total. The highest BCUT2D eigenvalue weighted by Crippen LogP contribution is 2.25. The average molecular weight is 427 g/mol. The molecule has 2 rings (SSSR count). The molecule has 0 N–H and O–H groups in total. The lowest BCUT2D eigenvalue weighted by Crippen LogP contribution is -2.57. The molecule has 1 aliphatic rings. The molecule has 6 heteroatoms. The van der Waals surface area contributed by atoms with Crippen LogP contribution in [-0.2, 0) is 16.1 Å². The Bertz CT molecular complexity index is 613. The number of benzene rings is 1. The molecule has 26 heavy (non-hydrogen) atoms. The fourth-order valence-electron chi connectivity index (χ4n) is 3.74. The molecular formula is C20H31BrN2O3. The van der Waals surface area contributed by atoms with E-state index < -0.39 is 0 Å². The maximum atomic E-state index is 13.3. The Morgan fingerprint density at radius 2 is 1.96 bits per heavy atom. The quantitative estimate of drug-likeness (QED) is 0.697. The van der Waals surface area contributed by atoms with Crippen molar-refractivity contribution in [2.75, 3.05) is 27.2 Å². The highest BCUT2D eigenvalue weighted by Gasteiger charge is 2.35. The van der Waals surface area contributed by atoms with E-state index in [-0.39, 0.29) is 30.1 Å². The lowest BCUT2D eigenvalue weighted by atomic mass is 9.99. The number of amides is 1. The van der Waals surface area contributed by atoms with Gasteiger partial charge in [0.15, 0.2) is 0 Å². The molecule has 3 atom stereocenters. The largest absolute Gasteiger partial charge is 0.496 e. The van der Waals surface area contributed by atoms with Gasteiger partial charge in [-0.1, -0.05) is 29.8 Å². The van der Waals surface area contributed by atoms with Crippen LogP contribution in [0.4, 0.5) is 0 Å². The second-order valence-electron chi connectivity index (χ2n) is 7.55. The van der Waals surface area contributed by atoms with Gasteiger partial charge in [0.1, 0.15) is 5.75 Å². The van der Waals surface area contributed by atoms with Gasteiger partial charge < -0.3 is 14.4 Å². The lowest BCUT2D eigenvalue weighted by Gasteiger charge is -2.42. The SMILES string of the molecule is COc1ccc(Br)cc1CN(C)C(=O)[C@H](C(C)C)N1C[C@H](C)O[C@@H](C)C1. The summed E-state index contributed by atoms with van der Waals surface area (Å²) in [5.41, 5.74) is 0.990. The van der Waals surface area contributed by atoms with Gasteiger partial charge in [-0.2, -0.15) is 0 Å². The minimum Gasteiger partial charge on any atom is -0.496 e. The predicted molar refractivity (Wildman–Crippen MR) is 107 cm³/mol. The van der Waals surface area contributed by atoms with Crippen LogP contribution in [0.25, 0.3) is 0 Å². The number of methoxy groups -OCH3 is 1. The summed E-state index contributed by atoms with van der Waals surface area (Å²) in [7, 11) is 3.52. The number of carbonyl (C=O) groups is 1. The van der Waals surface area contributed by atoms with Crippen LogP contribution in [0.5, 0.6) is 5.75 Å². The molecule has 0 unspecified atom stereocenters. The van der Waals surface area contributed by atoms with Gasteiger partial charge >= 0.3 is 0 Å². The van der Waals surface area contributed by atoms with Crippen molar-refractivity contribution < 1.29 is 14.3 Å². The highest BCUT2D eigenvalue weighted by molar-refractivity contribution is 9.10. The molecule has 1 aromatic carbocycles. The number of likely N-dealkylation sites (N-methyl/N-ethyl adjacent to an activating group) is 1. The Kier molecular flexibility index (Phi) is 7.50. The first-order chi connectivity index (χ1) is 12.2. The van der Waals surface area contributed by atoms with Crippen LogP contribution in [0.1, 0.15) is 33.3 Å². The van der Waals surface area contributed by atoms with E-state index in [1.807, 2.05) is 25.2 Å². The molecule has 146 valence electrons. The Balaban J connectivity index is 2.17. The van der Waals surface area contributed by atoms with Gasteiger partial charge in [-0.3, -0.25) is 9.69 Å². The average Bonchev–Trinajstić information content (AvgIpc) is 2.53. The number of nitrogens with zero attached hydrogens (tertiary/aromatic N) is 2. The van der Waals surface area contributed by atoms with E-state index in [1.165, 1.54) is 0 Å². The molecule has 1 heterocycles. The maximum absolute atomic E-state index is 13.3. The zero-order chi connectivity index (χ0) is 19.4. The van der Waals surface area contributed by atoms with Crippen molar-refractivity contribution in [1.82, 2.24) is 9.80 Å². The summed E-state index contributed by atoms with van der Waals surface area (Å²) in [5, 5.41) is 0. The molecule has 0 aromatic heterocycles. The van der Waals surface area contributed by atoms with Crippen molar-refractivity contribution in [3.63, 3.8) is 0 Å². The minimum atomic E-state index is -0.146. The molecule has 1 amide bonds. The molecule has 0 spiro atoms. The van der Waals surface area contributed by atoms with Gasteiger partial charge in [-0.25, -0.2) is 0 Å². The number of hydrogen-bond acceptors (Lipinski definition) is 4. The van der Waals surface area contributed by atoms with Crippen molar-refractivity contribution in [1.29, 1.82) is 0 Å². The van der Waals surface area contributed by atoms with Crippen molar-refractivity contribution in [3.05, 3.63) is 28.2 Å². The summed E-state index contributed by atoms with van der Waals surface area (Å²) in [6, 6.07) is 5.72. The fraction of sp³-hybridized carbons (Fsp3) is 0.650. The Morgan fingerprint density at radius 3 is 2.50 bits per heavy atom. The first-order valence-corrected chi connectivity index (χ1v) is 9.99. The van der Waals surface area contributed by atoms with Crippen LogP contribution in [0.2, 0.25) is 0 Å². The Labute approximate surface area is 165 Å². The number of rotatable bonds is 6. The fourth-order valence-corrected chi connectivity index (χ4v) is 4.15. The Morgan fingerprint density at radius 1 is 1.35 bits per heavy atom. The number of halogens is 1. The van der Waals surface area contributed by atoms with E-state index in [0.29, 0.717) is 6.54 Å². The van der Waals surface area contributed by atoms with Crippen molar-refractivity contribution in [2.24, 2.45) is 5.92 Å². The van der Waals surface area contributed by atoms with Gasteiger partial charge in [0.2, 0.25) is 5.91 Å². The van der Waals surface area contributed by atoms with E-state index in [9.17, 15) is 4.79 Å². The molecule has 0 saturated carbocycles. The van der Waals surface area contributed by atoms with Crippen LogP contribution in [-0.4, -0.2) is 61.2 Å². The predicted octanol–water partition coefficient (Wildman–Crippen LogP) is 3.55. The van der Waals surface area contributed by atoms with Gasteiger partial charge in [-0.15, -0.1) is 0 Å². The van der Waals surface area contributed by atoms with Crippen LogP contribution in [0.3, 0.4) is 0 Å². The van der Waals surface area contributed by atoms with Crippen LogP contribution in [0, 0.1) is 5.92 Å². The van der Waals surface area contributed by atoms with Gasteiger partial charge in [0, 0.05) is 36.7 Å². The summed E-state index contributed by atoms with van der Waals surface area (Å²) in [4.78, 5) is 17.4. The molecule has 0 aliphatic carbocycles. The van der Waals surface area contributed by atoms with Crippen molar-refractivity contribution in [3.8, 4) is 5.75 Å². The third-order valence-corrected chi connectivity index (χ3v) is 5.25. The summed E-state index contributed by atoms with van der Waals surface area (Å²) in [6.45, 7) is 10.4. The third kappa shape index (κ3) is 5.21. The first kappa shape index (κ1) is 21.2. The van der Waals surface area contributed by atoms with Crippen LogP contribution in [0.15, 0.2) is 22.7 Å². The molecule has 0 bridgehead atoms. The highest BCUT2D eigenvalue weighted by atomic mass is 79.9. The third-order valence-electron chi connectivity index (χ3n) is 4.75. The summed E-state index contributed by atoms with van der Waals surface area (Å²) in [5.74, 6) is 1.16. The number of hydrogen-bond donors (Lipinski definition) is 0. The van der Waals surface area contributed by atoms with Crippen molar-refractivity contribution >= 4 is 21.8 Å². The standard InChI is InChI=1S/C20H31BrN2O3/c1-13(2)19(23-10-14(3)26-15(4)11-23)20(24)22(5)12-16-9-17(21)7-8-18(16)25-6/h7-9,13-15,19H,10-12H2,1-6H3/t14-,15-,19-/m0/s1. The summed E-state index contributed by atoms with van der Waals surface area (Å²) >= 11 is 3.50. The minimum absolute atomic E-state index is 0.142. The zero-order valence-corrected chi connectivity index (χ0v) is 18.2. The first-order valence-electron chi connectivity index (χ1n) is 9.19. The lowest BCUT2D eigenvalue weighted by molar-refractivity contribution is -0.144. The number of carbonyl (C=O) groups excluding carboxylic acids is 1. The molecular weight excluding hydrogens is 396 g/mol. The van der Waals surface area contributed by atoms with E-state index >= 15 is 0 Å². The monoisotopic (exact) mass is 426 g/mol. The maximum Gasteiger partial charge on any atom is 0.240 e. The number of ether oxygens (including phenoxy) is 2. The normalized spacial score (nSPS) is 22.3. The van der Waals surface area contributed by atoms with E-state index in [2.05, 4.69) is 48.5 Å². The molecule has 1 aliphatic heterocycles. The molecule has 1 fully saturated rings. The van der Waals surface area contributed by atoms with Crippen molar-refractivity contribution in [2.45, 2.75) is 52.5 Å². The smallest absolute Gasteiger partial charge is 0.240 e. The molecule has 1 aromatic rings. The summed E-state index contributed by atoms with van der Waals surface area (Å²) in [6.07, 6.45) is 0.284. The molecule has 1 saturated heterocycles. The topological polar surface area (TPSA) is 42.0 Å². The number of morpholine rings is 1. The van der Waals surface area contributed by atoms with Gasteiger partial charge in [-0.05, 0) is 38.0 Å². The van der Waals surface area contributed by atoms with Crippen LogP contribution < -0.4 is 4.74 Å². The van der Waals surface area contributed by atoms with Crippen LogP contribution >= 0.6 is 15.9 Å². The van der Waals surface area contributed by atoms with E-state index in [1.54, 1.807) is 12.0 Å².